The average molecular weight is 607 g/mol. The number of hydrogen-bond acceptors (Lipinski definition) is 6. The first kappa shape index (κ1) is 29.9. The van der Waals surface area contributed by atoms with Crippen molar-refractivity contribution in [2.75, 3.05) is 0 Å². The van der Waals surface area contributed by atoms with Gasteiger partial charge in [-0.05, 0) is 95.1 Å². The number of benzene rings is 6. The Balaban J connectivity index is 1.01. The molecule has 0 radical (unpaired) electrons. The van der Waals surface area contributed by atoms with Crippen LogP contribution in [0.25, 0.3) is 11.1 Å². The standard InChI is InChI=1S/C40H30O6/c41-39(32-16-20-35(21-17-32)43-27-29-8-3-1-4-9-29)45-37-24-14-31(15-25-37)34-12-7-13-38(26-34)46-40(42)33-18-22-36(23-19-33)44-28-30-10-5-2-6-11-30/h1-26H,27-28H2. The van der Waals surface area contributed by atoms with Gasteiger partial charge < -0.3 is 18.9 Å². The predicted octanol–water partition coefficient (Wildman–Crippen LogP) is 8.95. The Morgan fingerprint density at radius 3 is 1.35 bits per heavy atom. The van der Waals surface area contributed by atoms with Gasteiger partial charge in [-0.15, -0.1) is 0 Å². The van der Waals surface area contributed by atoms with Gasteiger partial charge >= 0.3 is 11.9 Å². The minimum atomic E-state index is -0.468. The SMILES string of the molecule is O=C(Oc1ccc(-c2cccc(OC(=O)c3ccc(OCc4ccccc4)cc3)c2)cc1)c1ccc(OCc2ccccc2)cc1. The Bertz CT molecular complexity index is 1880. The summed E-state index contributed by atoms with van der Waals surface area (Å²) in [4.78, 5) is 25.5. The van der Waals surface area contributed by atoms with E-state index >= 15 is 0 Å². The van der Waals surface area contributed by atoms with Crippen molar-refractivity contribution < 1.29 is 28.5 Å². The largest absolute Gasteiger partial charge is 0.489 e. The van der Waals surface area contributed by atoms with Crippen LogP contribution in [0.15, 0.2) is 158 Å². The molecule has 0 unspecified atom stereocenters. The minimum Gasteiger partial charge on any atom is -0.489 e. The van der Waals surface area contributed by atoms with Gasteiger partial charge in [0, 0.05) is 0 Å². The molecule has 0 amide bonds. The van der Waals surface area contributed by atoms with Crippen LogP contribution < -0.4 is 18.9 Å². The Morgan fingerprint density at radius 1 is 0.391 bits per heavy atom. The topological polar surface area (TPSA) is 71.1 Å². The van der Waals surface area contributed by atoms with Gasteiger partial charge in [0.15, 0.2) is 0 Å². The van der Waals surface area contributed by atoms with E-state index in [0.29, 0.717) is 47.3 Å². The number of hydrogen-bond donors (Lipinski definition) is 0. The molecule has 0 aliphatic rings. The maximum Gasteiger partial charge on any atom is 0.343 e. The molecule has 6 aromatic carbocycles. The molecule has 0 fully saturated rings. The van der Waals surface area contributed by atoms with Crippen molar-refractivity contribution in [2.45, 2.75) is 13.2 Å². The Hall–Kier alpha value is -6.14. The van der Waals surface area contributed by atoms with Crippen LogP contribution in [0.1, 0.15) is 31.8 Å². The maximum atomic E-state index is 12.8. The molecule has 6 heteroatoms. The highest BCUT2D eigenvalue weighted by Gasteiger charge is 2.12. The van der Waals surface area contributed by atoms with Gasteiger partial charge in [0.2, 0.25) is 0 Å². The van der Waals surface area contributed by atoms with Crippen molar-refractivity contribution in [3.05, 3.63) is 180 Å². The molecule has 0 saturated carbocycles. The van der Waals surface area contributed by atoms with Crippen LogP contribution in [0.5, 0.6) is 23.0 Å². The van der Waals surface area contributed by atoms with Crippen molar-refractivity contribution in [2.24, 2.45) is 0 Å². The van der Waals surface area contributed by atoms with Crippen molar-refractivity contribution in [1.82, 2.24) is 0 Å². The summed E-state index contributed by atoms with van der Waals surface area (Å²) in [7, 11) is 0. The minimum absolute atomic E-state index is 0.414. The highest BCUT2D eigenvalue weighted by Crippen LogP contribution is 2.27. The summed E-state index contributed by atoms with van der Waals surface area (Å²) in [5.74, 6) is 1.23. The molecule has 6 rings (SSSR count). The number of ether oxygens (including phenoxy) is 4. The molecule has 0 atom stereocenters. The molecule has 226 valence electrons. The average Bonchev–Trinajstić information content (AvgIpc) is 3.11. The van der Waals surface area contributed by atoms with E-state index in [-0.39, 0.29) is 0 Å². The van der Waals surface area contributed by atoms with Crippen molar-refractivity contribution in [3.8, 4) is 34.1 Å². The third-order valence-electron chi connectivity index (χ3n) is 7.12. The van der Waals surface area contributed by atoms with E-state index in [9.17, 15) is 9.59 Å². The number of esters is 2. The molecule has 0 heterocycles. The zero-order chi connectivity index (χ0) is 31.6. The molecular formula is C40H30O6. The summed E-state index contributed by atoms with van der Waals surface area (Å²) in [6.45, 7) is 0.891. The van der Waals surface area contributed by atoms with Crippen molar-refractivity contribution in [1.29, 1.82) is 0 Å². The first-order valence-corrected chi connectivity index (χ1v) is 14.8. The van der Waals surface area contributed by atoms with E-state index in [4.69, 9.17) is 18.9 Å². The summed E-state index contributed by atoms with van der Waals surface area (Å²) in [6, 6.07) is 47.9. The Morgan fingerprint density at radius 2 is 0.848 bits per heavy atom. The summed E-state index contributed by atoms with van der Waals surface area (Å²) in [5, 5.41) is 0. The summed E-state index contributed by atoms with van der Waals surface area (Å²) in [6.07, 6.45) is 0. The van der Waals surface area contributed by atoms with E-state index in [1.807, 2.05) is 84.9 Å². The van der Waals surface area contributed by atoms with Gasteiger partial charge in [0.05, 0.1) is 11.1 Å². The highest BCUT2D eigenvalue weighted by atomic mass is 16.5. The molecule has 6 aromatic rings. The van der Waals surface area contributed by atoms with E-state index in [0.717, 1.165) is 22.3 Å². The quantitative estimate of drug-likeness (QED) is 0.108. The second-order valence-electron chi connectivity index (χ2n) is 10.4. The zero-order valence-corrected chi connectivity index (χ0v) is 24.9. The second-order valence-corrected chi connectivity index (χ2v) is 10.4. The number of carbonyl (C=O) groups excluding carboxylic acids is 2. The zero-order valence-electron chi connectivity index (χ0n) is 24.9. The normalized spacial score (nSPS) is 10.5. The van der Waals surface area contributed by atoms with E-state index in [1.54, 1.807) is 72.8 Å². The van der Waals surface area contributed by atoms with Gasteiger partial charge in [-0.2, -0.15) is 0 Å². The fraction of sp³-hybridized carbons (Fsp3) is 0.0500. The first-order valence-electron chi connectivity index (χ1n) is 14.8. The van der Waals surface area contributed by atoms with Crippen molar-refractivity contribution in [3.63, 3.8) is 0 Å². The monoisotopic (exact) mass is 606 g/mol. The molecule has 0 saturated heterocycles. The van der Waals surface area contributed by atoms with Crippen LogP contribution in [-0.4, -0.2) is 11.9 Å². The van der Waals surface area contributed by atoms with E-state index in [2.05, 4.69) is 0 Å². The molecular weight excluding hydrogens is 576 g/mol. The molecule has 0 aliphatic heterocycles. The number of carbonyl (C=O) groups is 2. The summed E-state index contributed by atoms with van der Waals surface area (Å²) < 4.78 is 22.8. The van der Waals surface area contributed by atoms with E-state index < -0.39 is 11.9 Å². The highest BCUT2D eigenvalue weighted by molar-refractivity contribution is 5.92. The lowest BCUT2D eigenvalue weighted by atomic mass is 10.1. The molecule has 0 N–H and O–H groups in total. The second kappa shape index (κ2) is 14.6. The van der Waals surface area contributed by atoms with Crippen LogP contribution in [0, 0.1) is 0 Å². The van der Waals surface area contributed by atoms with Gasteiger partial charge in [0.25, 0.3) is 0 Å². The molecule has 0 aromatic heterocycles. The molecule has 0 bridgehead atoms. The molecule has 0 aliphatic carbocycles. The fourth-order valence-electron chi connectivity index (χ4n) is 4.64. The predicted molar refractivity (Wildman–Crippen MR) is 176 cm³/mol. The van der Waals surface area contributed by atoms with Gasteiger partial charge in [-0.25, -0.2) is 9.59 Å². The van der Waals surface area contributed by atoms with Crippen LogP contribution in [0.2, 0.25) is 0 Å². The van der Waals surface area contributed by atoms with Gasteiger partial charge in [-0.3, -0.25) is 0 Å². The van der Waals surface area contributed by atoms with Crippen LogP contribution >= 0.6 is 0 Å². The fourth-order valence-corrected chi connectivity index (χ4v) is 4.64. The Kier molecular flexibility index (Phi) is 9.46. The van der Waals surface area contributed by atoms with Crippen molar-refractivity contribution >= 4 is 11.9 Å². The van der Waals surface area contributed by atoms with Crippen LogP contribution in [-0.2, 0) is 13.2 Å². The maximum absolute atomic E-state index is 12.8. The first-order chi connectivity index (χ1) is 22.6. The van der Waals surface area contributed by atoms with Crippen LogP contribution in [0.4, 0.5) is 0 Å². The molecule has 46 heavy (non-hydrogen) atoms. The lowest BCUT2D eigenvalue weighted by Gasteiger charge is -2.10. The number of rotatable bonds is 11. The lowest BCUT2D eigenvalue weighted by molar-refractivity contribution is 0.0725. The van der Waals surface area contributed by atoms with Gasteiger partial charge in [-0.1, -0.05) is 84.9 Å². The third kappa shape index (κ3) is 8.07. The Labute approximate surface area is 267 Å². The molecule has 0 spiro atoms. The smallest absolute Gasteiger partial charge is 0.343 e. The summed E-state index contributed by atoms with van der Waals surface area (Å²) in [5.41, 5.74) is 4.68. The lowest BCUT2D eigenvalue weighted by Crippen LogP contribution is -2.08. The van der Waals surface area contributed by atoms with Crippen LogP contribution in [0.3, 0.4) is 0 Å². The summed E-state index contributed by atoms with van der Waals surface area (Å²) >= 11 is 0. The van der Waals surface area contributed by atoms with E-state index in [1.165, 1.54) is 0 Å². The third-order valence-corrected chi connectivity index (χ3v) is 7.12. The van der Waals surface area contributed by atoms with Gasteiger partial charge in [0.1, 0.15) is 36.2 Å². The molecule has 6 nitrogen and oxygen atoms in total.